The maximum absolute atomic E-state index is 9.75. The fraction of sp³-hybridized carbons (Fsp3) is 0. The van der Waals surface area contributed by atoms with Gasteiger partial charge in [0.15, 0.2) is 0 Å². The second-order valence-electron chi connectivity index (χ2n) is 3.13. The Hall–Kier alpha value is -0.540. The maximum Gasteiger partial charge on any atom is 0.143 e. The van der Waals surface area contributed by atoms with E-state index in [0.29, 0.717) is 0 Å². The average Bonchev–Trinajstić information content (AvgIpc) is 2.20. The van der Waals surface area contributed by atoms with Crippen molar-refractivity contribution in [3.63, 3.8) is 0 Å². The Morgan fingerprint density at radius 1 is 0.625 bits per heavy atom. The van der Waals surface area contributed by atoms with Gasteiger partial charge in [-0.2, -0.15) is 0 Å². The second kappa shape index (κ2) is 4.04. The summed E-state index contributed by atoms with van der Waals surface area (Å²) >= 11 is 23.3. The smallest absolute Gasteiger partial charge is 0.143 e. The molecule has 0 spiro atoms. The molecule has 0 aromatic heterocycles. The molecule has 0 atom stereocenters. The van der Waals surface area contributed by atoms with Crippen LogP contribution in [0.3, 0.4) is 0 Å². The van der Waals surface area contributed by atoms with Crippen molar-refractivity contribution in [2.75, 3.05) is 0 Å². The number of halogens is 4. The molecule has 6 heteroatoms. The highest BCUT2D eigenvalue weighted by molar-refractivity contribution is 6.45. The van der Waals surface area contributed by atoms with Gasteiger partial charge in [0.05, 0.1) is 20.1 Å². The summed E-state index contributed by atoms with van der Waals surface area (Å²) in [6.45, 7) is 0. The van der Waals surface area contributed by atoms with Crippen LogP contribution >= 0.6 is 46.4 Å². The summed E-state index contributed by atoms with van der Waals surface area (Å²) < 4.78 is 0. The van der Waals surface area contributed by atoms with Crippen LogP contribution in [0.4, 0.5) is 0 Å². The molecule has 0 radical (unpaired) electrons. The Bertz CT molecular complexity index is 542. The van der Waals surface area contributed by atoms with Crippen molar-refractivity contribution in [3.05, 3.63) is 32.2 Å². The van der Waals surface area contributed by atoms with Crippen molar-refractivity contribution in [3.8, 4) is 11.5 Å². The summed E-state index contributed by atoms with van der Waals surface area (Å²) in [6.07, 6.45) is 0. The number of phenolic OH excluding ortho intramolecular Hbond substituents is 2. The molecule has 0 heterocycles. The van der Waals surface area contributed by atoms with Crippen LogP contribution in [0, 0.1) is 0 Å². The number of benzene rings is 2. The van der Waals surface area contributed by atoms with E-state index in [1.54, 1.807) is 0 Å². The van der Waals surface area contributed by atoms with E-state index in [9.17, 15) is 10.2 Å². The standard InChI is InChI=1S/C10H4Cl4O2/c11-3-1-5(13)9(15)8-4(12)2-6(14)10(16)7(3)8/h1-2,15-16H. The third kappa shape index (κ3) is 1.66. The molecule has 2 aromatic carbocycles. The number of phenols is 2. The van der Waals surface area contributed by atoms with E-state index < -0.39 is 0 Å². The summed E-state index contributed by atoms with van der Waals surface area (Å²) in [5, 5.41) is 20.3. The first kappa shape index (κ1) is 11.9. The second-order valence-corrected chi connectivity index (χ2v) is 4.76. The van der Waals surface area contributed by atoms with Gasteiger partial charge in [0.1, 0.15) is 11.5 Å². The molecule has 0 fully saturated rings. The van der Waals surface area contributed by atoms with Gasteiger partial charge < -0.3 is 10.2 Å². The molecular weight excluding hydrogens is 294 g/mol. The molecule has 0 bridgehead atoms. The lowest BCUT2D eigenvalue weighted by atomic mass is 10.1. The van der Waals surface area contributed by atoms with E-state index in [2.05, 4.69) is 0 Å². The van der Waals surface area contributed by atoms with E-state index in [4.69, 9.17) is 46.4 Å². The zero-order valence-corrected chi connectivity index (χ0v) is 10.6. The predicted octanol–water partition coefficient (Wildman–Crippen LogP) is 4.86. The average molecular weight is 298 g/mol. The lowest BCUT2D eigenvalue weighted by Crippen LogP contribution is -1.82. The third-order valence-electron chi connectivity index (χ3n) is 2.16. The first-order valence-electron chi connectivity index (χ1n) is 4.11. The van der Waals surface area contributed by atoms with Crippen LogP contribution in [-0.4, -0.2) is 10.2 Å². The van der Waals surface area contributed by atoms with Crippen LogP contribution < -0.4 is 0 Å². The van der Waals surface area contributed by atoms with Crippen molar-refractivity contribution in [1.82, 2.24) is 0 Å². The third-order valence-corrected chi connectivity index (χ3v) is 3.33. The molecular formula is C10H4Cl4O2. The van der Waals surface area contributed by atoms with E-state index in [-0.39, 0.29) is 42.4 Å². The summed E-state index contributed by atoms with van der Waals surface area (Å²) in [5.41, 5.74) is 0. The molecule has 84 valence electrons. The SMILES string of the molecule is Oc1c(Cl)cc(Cl)c2c(O)c(Cl)cc(Cl)c12. The van der Waals surface area contributed by atoms with Gasteiger partial charge in [-0.15, -0.1) is 0 Å². The van der Waals surface area contributed by atoms with Crippen LogP contribution in [0.15, 0.2) is 12.1 Å². The Kier molecular flexibility index (Phi) is 3.01. The van der Waals surface area contributed by atoms with Gasteiger partial charge in [-0.25, -0.2) is 0 Å². The molecule has 0 aliphatic carbocycles. The predicted molar refractivity (Wildman–Crippen MR) is 67.3 cm³/mol. The van der Waals surface area contributed by atoms with Crippen LogP contribution in [0.25, 0.3) is 10.8 Å². The molecule has 0 unspecified atom stereocenters. The number of hydrogen-bond donors (Lipinski definition) is 2. The molecule has 0 saturated heterocycles. The number of fused-ring (bicyclic) bond motifs is 1. The molecule has 2 aromatic rings. The fourth-order valence-electron chi connectivity index (χ4n) is 1.44. The summed E-state index contributed by atoms with van der Waals surface area (Å²) in [5.74, 6) is -0.476. The molecule has 0 amide bonds. The number of aromatic hydroxyl groups is 2. The summed E-state index contributed by atoms with van der Waals surface area (Å²) in [6, 6.07) is 2.63. The molecule has 0 aliphatic rings. The molecule has 2 rings (SSSR count). The molecule has 2 nitrogen and oxygen atoms in total. The van der Waals surface area contributed by atoms with Gasteiger partial charge in [-0.05, 0) is 12.1 Å². The van der Waals surface area contributed by atoms with Crippen molar-refractivity contribution in [1.29, 1.82) is 0 Å². The van der Waals surface area contributed by atoms with Crippen molar-refractivity contribution in [2.24, 2.45) is 0 Å². The first-order valence-corrected chi connectivity index (χ1v) is 5.62. The minimum atomic E-state index is -0.238. The zero-order chi connectivity index (χ0) is 12.0. The maximum atomic E-state index is 9.75. The van der Waals surface area contributed by atoms with Gasteiger partial charge in [-0.3, -0.25) is 0 Å². The zero-order valence-electron chi connectivity index (χ0n) is 7.56. The summed E-state index contributed by atoms with van der Waals surface area (Å²) in [4.78, 5) is 0. The minimum Gasteiger partial charge on any atom is -0.506 e. The molecule has 0 saturated carbocycles. The van der Waals surface area contributed by atoms with Crippen molar-refractivity contribution in [2.45, 2.75) is 0 Å². The monoisotopic (exact) mass is 296 g/mol. The van der Waals surface area contributed by atoms with Gasteiger partial charge in [-0.1, -0.05) is 46.4 Å². The quantitative estimate of drug-likeness (QED) is 0.728. The van der Waals surface area contributed by atoms with Crippen molar-refractivity contribution < 1.29 is 10.2 Å². The highest BCUT2D eigenvalue weighted by atomic mass is 35.5. The summed E-state index contributed by atoms with van der Waals surface area (Å²) in [7, 11) is 0. The Balaban J connectivity index is 3.11. The Morgan fingerprint density at radius 2 is 0.938 bits per heavy atom. The Labute approximate surface area is 111 Å². The number of rotatable bonds is 0. The lowest BCUT2D eigenvalue weighted by molar-refractivity contribution is 0.476. The lowest BCUT2D eigenvalue weighted by Gasteiger charge is -2.10. The van der Waals surface area contributed by atoms with Crippen LogP contribution in [0.2, 0.25) is 20.1 Å². The van der Waals surface area contributed by atoms with Gasteiger partial charge >= 0.3 is 0 Å². The van der Waals surface area contributed by atoms with E-state index >= 15 is 0 Å². The van der Waals surface area contributed by atoms with E-state index in [0.717, 1.165) is 0 Å². The highest BCUT2D eigenvalue weighted by Gasteiger charge is 2.17. The highest BCUT2D eigenvalue weighted by Crippen LogP contribution is 2.47. The van der Waals surface area contributed by atoms with Crippen molar-refractivity contribution >= 4 is 57.2 Å². The molecule has 0 aliphatic heterocycles. The first-order chi connectivity index (χ1) is 7.43. The van der Waals surface area contributed by atoms with E-state index in [1.165, 1.54) is 12.1 Å². The Morgan fingerprint density at radius 3 is 1.25 bits per heavy atom. The van der Waals surface area contributed by atoms with Crippen LogP contribution in [-0.2, 0) is 0 Å². The largest absolute Gasteiger partial charge is 0.506 e. The topological polar surface area (TPSA) is 40.5 Å². The van der Waals surface area contributed by atoms with E-state index in [1.807, 2.05) is 0 Å². The minimum absolute atomic E-state index is 0.0566. The molecule has 16 heavy (non-hydrogen) atoms. The van der Waals surface area contributed by atoms with Gasteiger partial charge in [0.25, 0.3) is 0 Å². The normalized spacial score (nSPS) is 11.0. The van der Waals surface area contributed by atoms with Gasteiger partial charge in [0.2, 0.25) is 0 Å². The fourth-order valence-corrected chi connectivity index (χ4v) is 2.55. The van der Waals surface area contributed by atoms with Crippen LogP contribution in [0.1, 0.15) is 0 Å². The van der Waals surface area contributed by atoms with Gasteiger partial charge in [0, 0.05) is 10.8 Å². The number of hydrogen-bond acceptors (Lipinski definition) is 2. The molecule has 2 N–H and O–H groups in total. The van der Waals surface area contributed by atoms with Crippen LogP contribution in [0.5, 0.6) is 11.5 Å².